The third-order valence-electron chi connectivity index (χ3n) is 2.65. The number of rotatable bonds is 5. The van der Waals surface area contributed by atoms with Crippen LogP contribution in [0.5, 0.6) is 5.75 Å². The van der Waals surface area contributed by atoms with Crippen LogP contribution < -0.4 is 4.74 Å². The van der Waals surface area contributed by atoms with E-state index in [4.69, 9.17) is 0 Å². The maximum atomic E-state index is 12.0. The lowest BCUT2D eigenvalue weighted by Crippen LogP contribution is -2.02. The van der Waals surface area contributed by atoms with Gasteiger partial charge in [0.25, 0.3) is 0 Å². The number of hydrogen-bond acceptors (Lipinski definition) is 3. The number of ketones is 1. The second-order valence-electron chi connectivity index (χ2n) is 4.07. The van der Waals surface area contributed by atoms with Crippen LogP contribution in [0.2, 0.25) is 0 Å². The van der Waals surface area contributed by atoms with Crippen LogP contribution in [0.15, 0.2) is 41.8 Å². The largest absolute Gasteiger partial charge is 0.435 e. The average molecular weight is 294 g/mol. The van der Waals surface area contributed by atoms with Crippen molar-refractivity contribution in [3.05, 3.63) is 57.8 Å². The zero-order chi connectivity index (χ0) is 14.5. The fourth-order valence-corrected chi connectivity index (χ4v) is 2.42. The molecule has 0 aliphatic heterocycles. The third kappa shape index (κ3) is 3.74. The lowest BCUT2D eigenvalue weighted by atomic mass is 10.1. The molecular formula is C15H12F2O2S. The molecule has 0 amide bonds. The van der Waals surface area contributed by atoms with Gasteiger partial charge in [0.05, 0.1) is 0 Å². The normalized spacial score (nSPS) is 11.2. The highest BCUT2D eigenvalue weighted by Gasteiger charge is 2.06. The number of thiophene rings is 1. The number of allylic oxidation sites excluding steroid dienone is 1. The number of alkyl halides is 2. The van der Waals surface area contributed by atoms with E-state index < -0.39 is 6.61 Å². The van der Waals surface area contributed by atoms with Crippen LogP contribution >= 0.6 is 11.3 Å². The molecule has 2 nitrogen and oxygen atoms in total. The molecule has 0 radical (unpaired) electrons. The molecule has 0 aliphatic rings. The van der Waals surface area contributed by atoms with Gasteiger partial charge in [-0.3, -0.25) is 4.79 Å². The Labute approximate surface area is 119 Å². The molecule has 20 heavy (non-hydrogen) atoms. The number of aryl methyl sites for hydroxylation is 1. The molecule has 5 heteroatoms. The van der Waals surface area contributed by atoms with Gasteiger partial charge in [0.2, 0.25) is 0 Å². The number of carbonyl (C=O) groups excluding carboxylic acids is 1. The van der Waals surface area contributed by atoms with Crippen LogP contribution in [-0.2, 0) is 0 Å². The molecular weight excluding hydrogens is 282 g/mol. The van der Waals surface area contributed by atoms with E-state index in [0.717, 1.165) is 10.4 Å². The average Bonchev–Trinajstić information content (AvgIpc) is 2.82. The van der Waals surface area contributed by atoms with Crippen LogP contribution in [0.3, 0.4) is 0 Å². The van der Waals surface area contributed by atoms with Crippen LogP contribution in [0.25, 0.3) is 6.08 Å². The minimum atomic E-state index is -2.86. The first kappa shape index (κ1) is 14.4. The van der Waals surface area contributed by atoms with E-state index >= 15 is 0 Å². The molecule has 0 unspecified atom stereocenters. The molecule has 2 rings (SSSR count). The maximum absolute atomic E-state index is 12.0. The van der Waals surface area contributed by atoms with Crippen molar-refractivity contribution in [2.24, 2.45) is 0 Å². The van der Waals surface area contributed by atoms with Crippen LogP contribution in [-0.4, -0.2) is 12.4 Å². The minimum Gasteiger partial charge on any atom is -0.435 e. The highest BCUT2D eigenvalue weighted by Crippen LogP contribution is 2.18. The van der Waals surface area contributed by atoms with E-state index in [1.165, 1.54) is 30.3 Å². The number of ether oxygens (including phenoxy) is 1. The molecule has 0 fully saturated rings. The van der Waals surface area contributed by atoms with E-state index in [0.29, 0.717) is 5.56 Å². The quantitative estimate of drug-likeness (QED) is 0.597. The topological polar surface area (TPSA) is 26.3 Å². The van der Waals surface area contributed by atoms with Crippen molar-refractivity contribution in [2.75, 3.05) is 0 Å². The molecule has 0 atom stereocenters. The fraction of sp³-hybridized carbons (Fsp3) is 0.133. The number of halogens is 2. The van der Waals surface area contributed by atoms with Crippen molar-refractivity contribution in [3.63, 3.8) is 0 Å². The van der Waals surface area contributed by atoms with Gasteiger partial charge in [-0.25, -0.2) is 0 Å². The predicted molar refractivity (Wildman–Crippen MR) is 75.5 cm³/mol. The van der Waals surface area contributed by atoms with Crippen molar-refractivity contribution >= 4 is 23.2 Å². The van der Waals surface area contributed by atoms with Gasteiger partial charge in [-0.05, 0) is 60.4 Å². The summed E-state index contributed by atoms with van der Waals surface area (Å²) in [6.45, 7) is -0.893. The standard InChI is InChI=1S/C15H12F2O2S/c1-10-8-9-20-14(10)7-6-13(18)11-2-4-12(5-3-11)19-15(16)17/h2-9,15H,1H3/b7-6-. The van der Waals surface area contributed by atoms with E-state index in [-0.39, 0.29) is 11.5 Å². The summed E-state index contributed by atoms with van der Waals surface area (Å²) in [5.41, 5.74) is 1.54. The monoisotopic (exact) mass is 294 g/mol. The Morgan fingerprint density at radius 1 is 1.25 bits per heavy atom. The van der Waals surface area contributed by atoms with Crippen molar-refractivity contribution < 1.29 is 18.3 Å². The van der Waals surface area contributed by atoms with Gasteiger partial charge in [0, 0.05) is 10.4 Å². The SMILES string of the molecule is Cc1ccsc1/C=C\C(=O)c1ccc(OC(F)F)cc1. The van der Waals surface area contributed by atoms with Gasteiger partial charge in [-0.15, -0.1) is 11.3 Å². The third-order valence-corrected chi connectivity index (χ3v) is 3.64. The summed E-state index contributed by atoms with van der Waals surface area (Å²) in [6, 6.07) is 7.61. The summed E-state index contributed by atoms with van der Waals surface area (Å²) in [6.07, 6.45) is 3.23. The Kier molecular flexibility index (Phi) is 4.63. The molecule has 0 bridgehead atoms. The first-order valence-corrected chi connectivity index (χ1v) is 6.75. The molecule has 1 heterocycles. The van der Waals surface area contributed by atoms with Gasteiger partial charge < -0.3 is 4.74 Å². The lowest BCUT2D eigenvalue weighted by Gasteiger charge is -2.04. The Morgan fingerprint density at radius 2 is 1.95 bits per heavy atom. The lowest BCUT2D eigenvalue weighted by molar-refractivity contribution is -0.0498. The Bertz CT molecular complexity index is 615. The van der Waals surface area contributed by atoms with Crippen LogP contribution in [0.1, 0.15) is 20.8 Å². The Hall–Kier alpha value is -2.01. The minimum absolute atomic E-state index is 0.0367. The van der Waals surface area contributed by atoms with Gasteiger partial charge >= 0.3 is 6.61 Å². The Morgan fingerprint density at radius 3 is 2.50 bits per heavy atom. The summed E-state index contributed by atoms with van der Waals surface area (Å²) in [4.78, 5) is 12.9. The molecule has 0 saturated heterocycles. The van der Waals surface area contributed by atoms with Gasteiger partial charge in [0.1, 0.15) is 5.75 Å². The molecule has 0 N–H and O–H groups in total. The van der Waals surface area contributed by atoms with Gasteiger partial charge in [0.15, 0.2) is 5.78 Å². The highest BCUT2D eigenvalue weighted by atomic mass is 32.1. The predicted octanol–water partition coefficient (Wildman–Crippen LogP) is 4.55. The summed E-state index contributed by atoms with van der Waals surface area (Å²) in [5.74, 6) is -0.143. The molecule has 0 saturated carbocycles. The molecule has 2 aromatic rings. The van der Waals surface area contributed by atoms with E-state index in [9.17, 15) is 13.6 Å². The molecule has 1 aromatic heterocycles. The van der Waals surface area contributed by atoms with E-state index in [1.807, 2.05) is 18.4 Å². The zero-order valence-corrected chi connectivity index (χ0v) is 11.5. The molecule has 104 valence electrons. The maximum Gasteiger partial charge on any atom is 0.387 e. The van der Waals surface area contributed by atoms with Crippen LogP contribution in [0.4, 0.5) is 8.78 Å². The van der Waals surface area contributed by atoms with Crippen molar-refractivity contribution in [1.82, 2.24) is 0 Å². The smallest absolute Gasteiger partial charge is 0.387 e. The highest BCUT2D eigenvalue weighted by molar-refractivity contribution is 7.11. The zero-order valence-electron chi connectivity index (χ0n) is 10.7. The molecule has 0 aliphatic carbocycles. The van der Waals surface area contributed by atoms with Crippen molar-refractivity contribution in [1.29, 1.82) is 0 Å². The van der Waals surface area contributed by atoms with Crippen molar-refractivity contribution in [2.45, 2.75) is 13.5 Å². The number of hydrogen-bond donors (Lipinski definition) is 0. The summed E-state index contributed by atoms with van der Waals surface area (Å²) in [5, 5.41) is 1.95. The van der Waals surface area contributed by atoms with E-state index in [1.54, 1.807) is 17.4 Å². The molecule has 0 spiro atoms. The first-order chi connectivity index (χ1) is 9.56. The Balaban J connectivity index is 2.06. The molecule has 1 aromatic carbocycles. The number of carbonyl (C=O) groups is 1. The first-order valence-electron chi connectivity index (χ1n) is 5.87. The summed E-state index contributed by atoms with van der Waals surface area (Å²) in [7, 11) is 0. The fourth-order valence-electron chi connectivity index (χ4n) is 1.60. The summed E-state index contributed by atoms with van der Waals surface area (Å²) >= 11 is 1.55. The second kappa shape index (κ2) is 6.43. The second-order valence-corrected chi connectivity index (χ2v) is 5.02. The van der Waals surface area contributed by atoms with Crippen LogP contribution in [0, 0.1) is 6.92 Å². The summed E-state index contributed by atoms with van der Waals surface area (Å²) < 4.78 is 28.2. The van der Waals surface area contributed by atoms with E-state index in [2.05, 4.69) is 4.74 Å². The van der Waals surface area contributed by atoms with Gasteiger partial charge in [-0.2, -0.15) is 8.78 Å². The van der Waals surface area contributed by atoms with Crippen molar-refractivity contribution in [3.8, 4) is 5.75 Å². The van der Waals surface area contributed by atoms with Gasteiger partial charge in [-0.1, -0.05) is 0 Å². The number of benzene rings is 1.